The molecule has 2 aromatic carbocycles. The van der Waals surface area contributed by atoms with Gasteiger partial charge in [0, 0.05) is 21.8 Å². The molecule has 1 heterocycles. The number of H-pyrrole nitrogens is 1. The van der Waals surface area contributed by atoms with Gasteiger partial charge in [-0.3, -0.25) is 0 Å². The number of fused-ring (bicyclic) bond motifs is 3. The molecule has 3 rings (SSSR count). The predicted octanol–water partition coefficient (Wildman–Crippen LogP) is 12.4. The molecule has 0 aliphatic carbocycles. The first-order valence-electron chi connectivity index (χ1n) is 17.8. The maximum atomic E-state index is 3.85. The fraction of sp³-hybridized carbons (Fsp3) is 0.684. The maximum Gasteiger partial charge on any atom is 0.0735 e. The third-order valence-electron chi connectivity index (χ3n) is 9.33. The fourth-order valence-electron chi connectivity index (χ4n) is 6.80. The van der Waals surface area contributed by atoms with Crippen LogP contribution < -0.4 is 5.19 Å². The first kappa shape index (κ1) is 33.0. The van der Waals surface area contributed by atoms with E-state index in [0.717, 1.165) is 0 Å². The van der Waals surface area contributed by atoms with E-state index in [2.05, 4.69) is 61.3 Å². The number of nitrogens with one attached hydrogen (secondary N) is 1. The maximum absolute atomic E-state index is 3.85. The highest BCUT2D eigenvalue weighted by atomic mass is 28.3. The van der Waals surface area contributed by atoms with Crippen LogP contribution in [0.25, 0.3) is 21.8 Å². The molecule has 0 saturated carbocycles. The van der Waals surface area contributed by atoms with Crippen molar-refractivity contribution in [1.82, 2.24) is 4.98 Å². The Bertz CT molecular complexity index is 995. The van der Waals surface area contributed by atoms with Gasteiger partial charge in [0.1, 0.15) is 0 Å². The Morgan fingerprint density at radius 2 is 0.875 bits per heavy atom. The number of benzene rings is 2. The highest BCUT2D eigenvalue weighted by Crippen LogP contribution is 2.26. The van der Waals surface area contributed by atoms with Crippen molar-refractivity contribution in [2.45, 2.75) is 167 Å². The minimum absolute atomic E-state index is 0.993. The van der Waals surface area contributed by atoms with Crippen LogP contribution in [0, 0.1) is 0 Å². The molecule has 0 aliphatic heterocycles. The lowest BCUT2D eigenvalue weighted by atomic mass is 10.1. The molecule has 3 aromatic rings. The molecular weight excluding hydrogens is 499 g/mol. The molecule has 224 valence electrons. The summed E-state index contributed by atoms with van der Waals surface area (Å²) in [6.07, 6.45) is 31.7. The predicted molar refractivity (Wildman–Crippen MR) is 185 cm³/mol. The van der Waals surface area contributed by atoms with Crippen LogP contribution in [0.2, 0.25) is 12.1 Å². The summed E-state index contributed by atoms with van der Waals surface area (Å²) in [6.45, 7) is 4.62. The molecule has 1 nitrogen and oxygen atoms in total. The molecule has 0 fully saturated rings. The van der Waals surface area contributed by atoms with Gasteiger partial charge in [0.05, 0.1) is 8.80 Å². The van der Waals surface area contributed by atoms with E-state index >= 15 is 0 Å². The van der Waals surface area contributed by atoms with Crippen LogP contribution in [-0.4, -0.2) is 13.8 Å². The van der Waals surface area contributed by atoms with Gasteiger partial charge >= 0.3 is 0 Å². The quantitative estimate of drug-likeness (QED) is 0.0782. The number of hydrogen-bond acceptors (Lipinski definition) is 0. The van der Waals surface area contributed by atoms with Crippen LogP contribution in [0.4, 0.5) is 0 Å². The molecule has 2 heteroatoms. The molecule has 1 N–H and O–H groups in total. The lowest BCUT2D eigenvalue weighted by Crippen LogP contribution is -2.30. The van der Waals surface area contributed by atoms with Gasteiger partial charge in [-0.05, 0) is 11.3 Å². The summed E-state index contributed by atoms with van der Waals surface area (Å²) < 4.78 is 0. The van der Waals surface area contributed by atoms with E-state index in [4.69, 9.17) is 0 Å². The second kappa shape index (κ2) is 21.2. The Morgan fingerprint density at radius 3 is 1.38 bits per heavy atom. The van der Waals surface area contributed by atoms with Gasteiger partial charge in [-0.15, -0.1) is 0 Å². The van der Waals surface area contributed by atoms with Crippen molar-refractivity contribution in [3.63, 3.8) is 0 Å². The number of aromatic amines is 1. The topological polar surface area (TPSA) is 15.8 Å². The second-order valence-electron chi connectivity index (χ2n) is 12.8. The Morgan fingerprint density at radius 1 is 0.450 bits per heavy atom. The number of para-hydroxylation sites is 2. The van der Waals surface area contributed by atoms with Gasteiger partial charge in [-0.1, -0.05) is 204 Å². The summed E-state index contributed by atoms with van der Waals surface area (Å²) in [5.41, 5.74) is 2.77. The van der Waals surface area contributed by atoms with Crippen LogP contribution in [0.5, 0.6) is 0 Å². The SMILES string of the molecule is CCCCCCCCCCCCC[SiH](CCCCCCCCCCCCC)c1cccc2c1[nH]c1ccccc12. The van der Waals surface area contributed by atoms with Gasteiger partial charge in [0.2, 0.25) is 0 Å². The monoisotopic (exact) mass is 561 g/mol. The number of aromatic nitrogens is 1. The van der Waals surface area contributed by atoms with Crippen molar-refractivity contribution in [2.24, 2.45) is 0 Å². The zero-order valence-corrected chi connectivity index (χ0v) is 27.7. The van der Waals surface area contributed by atoms with E-state index in [1.807, 2.05) is 0 Å². The second-order valence-corrected chi connectivity index (χ2v) is 16.0. The molecule has 40 heavy (non-hydrogen) atoms. The molecular formula is C38H63NSi. The van der Waals surface area contributed by atoms with Gasteiger partial charge < -0.3 is 4.98 Å². The Balaban J connectivity index is 1.44. The molecule has 0 aliphatic rings. The van der Waals surface area contributed by atoms with Crippen molar-refractivity contribution < 1.29 is 0 Å². The minimum atomic E-state index is -0.993. The standard InChI is InChI=1S/C38H63NSi/c1-3-5-7-9-11-13-15-17-19-21-25-32-40(33-26-22-20-18-16-14-12-10-8-6-4-2)37-31-27-29-35-34-28-23-24-30-36(34)39-38(35)37/h23-24,27-31,39-40H,3-22,25-26,32-33H2,1-2H3. The van der Waals surface area contributed by atoms with E-state index in [1.165, 1.54) is 175 Å². The van der Waals surface area contributed by atoms with E-state index in [1.54, 1.807) is 5.19 Å². The molecule has 0 radical (unpaired) electrons. The van der Waals surface area contributed by atoms with E-state index in [-0.39, 0.29) is 0 Å². The summed E-state index contributed by atoms with van der Waals surface area (Å²) in [7, 11) is -0.993. The third-order valence-corrected chi connectivity index (χ3v) is 12.9. The number of rotatable bonds is 25. The zero-order chi connectivity index (χ0) is 28.1. The van der Waals surface area contributed by atoms with Crippen LogP contribution in [0.15, 0.2) is 42.5 Å². The Kier molecular flexibility index (Phi) is 17.5. The lowest BCUT2D eigenvalue weighted by Gasteiger charge is -2.17. The Labute approximate surface area is 249 Å². The van der Waals surface area contributed by atoms with Gasteiger partial charge in [-0.25, -0.2) is 0 Å². The Hall–Kier alpha value is -1.54. The molecule has 0 amide bonds. The molecule has 0 bridgehead atoms. The highest BCUT2D eigenvalue weighted by molar-refractivity contribution is 6.75. The first-order chi connectivity index (χ1) is 19.8. The average molecular weight is 562 g/mol. The summed E-state index contributed by atoms with van der Waals surface area (Å²) in [5, 5.41) is 4.56. The molecule has 1 aromatic heterocycles. The van der Waals surface area contributed by atoms with Crippen LogP contribution >= 0.6 is 0 Å². The lowest BCUT2D eigenvalue weighted by molar-refractivity contribution is 0.552. The fourth-order valence-corrected chi connectivity index (χ4v) is 10.3. The summed E-state index contributed by atoms with van der Waals surface area (Å²) in [5.74, 6) is 0. The molecule has 0 saturated heterocycles. The third kappa shape index (κ3) is 12.1. The zero-order valence-electron chi connectivity index (χ0n) is 26.6. The molecule has 0 unspecified atom stereocenters. The van der Waals surface area contributed by atoms with Gasteiger partial charge in [-0.2, -0.15) is 0 Å². The van der Waals surface area contributed by atoms with E-state index in [9.17, 15) is 0 Å². The first-order valence-corrected chi connectivity index (χ1v) is 20.1. The number of hydrogen-bond donors (Lipinski definition) is 1. The van der Waals surface area contributed by atoms with Gasteiger partial charge in [0.25, 0.3) is 0 Å². The van der Waals surface area contributed by atoms with Crippen LogP contribution in [-0.2, 0) is 0 Å². The number of unbranched alkanes of at least 4 members (excludes halogenated alkanes) is 20. The molecule has 0 spiro atoms. The largest absolute Gasteiger partial charge is 0.355 e. The molecule has 0 atom stereocenters. The summed E-state index contributed by atoms with van der Waals surface area (Å²) >= 11 is 0. The van der Waals surface area contributed by atoms with E-state index < -0.39 is 8.80 Å². The van der Waals surface area contributed by atoms with Crippen molar-refractivity contribution in [1.29, 1.82) is 0 Å². The van der Waals surface area contributed by atoms with Crippen molar-refractivity contribution >= 4 is 35.8 Å². The van der Waals surface area contributed by atoms with Crippen molar-refractivity contribution in [2.75, 3.05) is 0 Å². The van der Waals surface area contributed by atoms with Crippen LogP contribution in [0.3, 0.4) is 0 Å². The van der Waals surface area contributed by atoms with Crippen LogP contribution in [0.1, 0.15) is 155 Å². The summed E-state index contributed by atoms with van der Waals surface area (Å²) in [6, 6.07) is 19.1. The van der Waals surface area contributed by atoms with Crippen molar-refractivity contribution in [3.8, 4) is 0 Å². The average Bonchev–Trinajstić information content (AvgIpc) is 3.36. The highest BCUT2D eigenvalue weighted by Gasteiger charge is 2.18. The smallest absolute Gasteiger partial charge is 0.0735 e. The normalized spacial score (nSPS) is 11.9. The summed E-state index contributed by atoms with van der Waals surface area (Å²) in [4.78, 5) is 3.85. The van der Waals surface area contributed by atoms with Crippen molar-refractivity contribution in [3.05, 3.63) is 42.5 Å². The van der Waals surface area contributed by atoms with Gasteiger partial charge in [0.15, 0.2) is 0 Å². The minimum Gasteiger partial charge on any atom is -0.355 e. The van der Waals surface area contributed by atoms with E-state index in [0.29, 0.717) is 0 Å².